The molecule has 9 nitrogen and oxygen atoms in total. The summed E-state index contributed by atoms with van der Waals surface area (Å²) in [6.07, 6.45) is 0.646. The van der Waals surface area contributed by atoms with E-state index in [0.29, 0.717) is 30.2 Å². The highest BCUT2D eigenvalue weighted by Crippen LogP contribution is 2.37. The zero-order chi connectivity index (χ0) is 33.2. The van der Waals surface area contributed by atoms with Gasteiger partial charge in [0.25, 0.3) is 10.0 Å². The molecule has 16 heteroatoms. The summed E-state index contributed by atoms with van der Waals surface area (Å²) in [6.45, 7) is -0.489. The van der Waals surface area contributed by atoms with Crippen LogP contribution in [0.15, 0.2) is 46.8 Å². The third-order valence-corrected chi connectivity index (χ3v) is 11.5. The lowest BCUT2D eigenvalue weighted by Crippen LogP contribution is -2.64. The number of likely N-dealkylation sites (N-methyl/N-ethyl adjacent to an activating group) is 1. The number of nitrogens with zero attached hydrogens (tertiary/aromatic N) is 4. The third kappa shape index (κ3) is 7.64. The summed E-state index contributed by atoms with van der Waals surface area (Å²) in [5.74, 6) is -0.0820. The van der Waals surface area contributed by atoms with Crippen molar-refractivity contribution in [1.29, 1.82) is 0 Å². The van der Waals surface area contributed by atoms with E-state index < -0.39 is 33.5 Å². The molecule has 2 aliphatic rings. The first-order valence-corrected chi connectivity index (χ1v) is 17.4. The van der Waals surface area contributed by atoms with Crippen LogP contribution in [-0.2, 0) is 16.6 Å². The molecule has 2 heterocycles. The molecular weight excluding hydrogens is 670 g/mol. The lowest BCUT2D eigenvalue weighted by molar-refractivity contribution is -0.161. The molecule has 2 fully saturated rings. The summed E-state index contributed by atoms with van der Waals surface area (Å²) >= 11 is 7.70. The summed E-state index contributed by atoms with van der Waals surface area (Å²) in [5, 5.41) is 5.09. The maximum absolute atomic E-state index is 15.8. The Labute approximate surface area is 275 Å². The van der Waals surface area contributed by atoms with Gasteiger partial charge in [0.1, 0.15) is 22.2 Å². The number of likely N-dealkylation sites (tertiary alicyclic amines) is 1. The molecule has 0 bridgehead atoms. The number of sulfonamides is 1. The van der Waals surface area contributed by atoms with E-state index in [1.807, 2.05) is 7.05 Å². The molecule has 252 valence electrons. The molecule has 5 rings (SSSR count). The first-order valence-electron chi connectivity index (χ1n) is 14.7. The van der Waals surface area contributed by atoms with Crippen molar-refractivity contribution in [2.24, 2.45) is 0 Å². The highest BCUT2D eigenvalue weighted by molar-refractivity contribution is 7.93. The Kier molecular flexibility index (Phi) is 10.6. The van der Waals surface area contributed by atoms with Gasteiger partial charge in [-0.25, -0.2) is 22.1 Å². The Morgan fingerprint density at radius 2 is 1.87 bits per heavy atom. The molecule has 1 aromatic heterocycles. The Morgan fingerprint density at radius 1 is 1.13 bits per heavy atom. The number of hydrogen-bond acceptors (Lipinski definition) is 9. The lowest BCUT2D eigenvalue weighted by atomic mass is 9.87. The second-order valence-corrected chi connectivity index (χ2v) is 14.6. The van der Waals surface area contributed by atoms with Gasteiger partial charge in [-0.3, -0.25) is 9.80 Å². The van der Waals surface area contributed by atoms with E-state index in [4.69, 9.17) is 21.1 Å². The molecule has 1 saturated carbocycles. The number of thiazole rings is 1. The van der Waals surface area contributed by atoms with Crippen molar-refractivity contribution >= 4 is 43.8 Å². The van der Waals surface area contributed by atoms with Crippen LogP contribution in [0.2, 0.25) is 5.02 Å². The largest absolute Gasteiger partial charge is 0.497 e. The first-order chi connectivity index (χ1) is 21.8. The molecule has 0 amide bonds. The number of anilines is 2. The SMILES string of the molecule is COc1ccc(CN(c2nccs2)S(=O)(=O)c2cc(Cl)c(N[C@H]3CCCC[C@@H]3N(C)C3CN(CC(F)(F)F)C3)cc2F)c(OC)c1. The summed E-state index contributed by atoms with van der Waals surface area (Å²) in [4.78, 5) is 7.05. The molecule has 1 aliphatic heterocycles. The zero-order valence-electron chi connectivity index (χ0n) is 25.6. The fraction of sp³-hybridized carbons (Fsp3) is 0.500. The second kappa shape index (κ2) is 14.1. The van der Waals surface area contributed by atoms with Gasteiger partial charge in [0, 0.05) is 54.4 Å². The predicted molar refractivity (Wildman–Crippen MR) is 170 cm³/mol. The molecule has 1 aliphatic carbocycles. The number of ether oxygens (including phenoxy) is 2. The van der Waals surface area contributed by atoms with Gasteiger partial charge in [0.2, 0.25) is 0 Å². The molecule has 1 N–H and O–H groups in total. The van der Waals surface area contributed by atoms with Gasteiger partial charge in [-0.05, 0) is 44.2 Å². The number of nitrogens with one attached hydrogen (secondary N) is 1. The van der Waals surface area contributed by atoms with Crippen LogP contribution in [0.3, 0.4) is 0 Å². The standard InChI is InChI=1S/C30H36ClF4N5O4S2/c1-38(20-16-39(17-20)18-30(33,34)35)26-7-5-4-6-24(26)37-25-14-23(32)28(13-22(25)31)46(41,42)40(29-36-10-11-45-29)15-19-8-9-21(43-2)12-27(19)44-3/h8-14,20,24,26,37H,4-7,15-18H2,1-3H3/t24-,26-/m0/s1. The third-order valence-electron chi connectivity index (χ3n) is 8.54. The first kappa shape index (κ1) is 34.5. The molecular formula is C30H36ClF4N5O4S2. The van der Waals surface area contributed by atoms with Crippen molar-refractivity contribution in [2.45, 2.75) is 61.4 Å². The van der Waals surface area contributed by atoms with Crippen molar-refractivity contribution in [1.82, 2.24) is 14.8 Å². The summed E-state index contributed by atoms with van der Waals surface area (Å²) < 4.78 is 94.0. The van der Waals surface area contributed by atoms with Gasteiger partial charge in [-0.15, -0.1) is 11.3 Å². The molecule has 2 aromatic carbocycles. The van der Waals surface area contributed by atoms with E-state index in [0.717, 1.165) is 53.5 Å². The monoisotopic (exact) mass is 705 g/mol. The maximum atomic E-state index is 15.8. The van der Waals surface area contributed by atoms with E-state index in [2.05, 4.69) is 15.2 Å². The van der Waals surface area contributed by atoms with E-state index in [1.165, 1.54) is 25.3 Å². The lowest BCUT2D eigenvalue weighted by Gasteiger charge is -2.49. The van der Waals surface area contributed by atoms with Crippen LogP contribution < -0.4 is 19.1 Å². The summed E-state index contributed by atoms with van der Waals surface area (Å²) in [6, 6.07) is 6.93. The van der Waals surface area contributed by atoms with Gasteiger partial charge < -0.3 is 14.8 Å². The highest BCUT2D eigenvalue weighted by Gasteiger charge is 2.41. The highest BCUT2D eigenvalue weighted by atomic mass is 35.5. The van der Waals surface area contributed by atoms with Crippen molar-refractivity contribution in [3.05, 3.63) is 58.3 Å². The summed E-state index contributed by atoms with van der Waals surface area (Å²) in [7, 11) is 0.360. The smallest absolute Gasteiger partial charge is 0.401 e. The number of alkyl halides is 3. The van der Waals surface area contributed by atoms with E-state index in [-0.39, 0.29) is 40.5 Å². The molecule has 0 spiro atoms. The minimum atomic E-state index is -4.50. The molecule has 3 aromatic rings. The molecule has 0 unspecified atom stereocenters. The van der Waals surface area contributed by atoms with Crippen LogP contribution in [0.5, 0.6) is 11.5 Å². The molecule has 2 atom stereocenters. The van der Waals surface area contributed by atoms with E-state index in [9.17, 15) is 21.6 Å². The van der Waals surface area contributed by atoms with E-state index >= 15 is 4.39 Å². The average Bonchev–Trinajstić information content (AvgIpc) is 3.53. The maximum Gasteiger partial charge on any atom is 0.401 e. The quantitative estimate of drug-likeness (QED) is 0.222. The van der Waals surface area contributed by atoms with Gasteiger partial charge in [0.05, 0.1) is 38.0 Å². The normalized spacial score (nSPS) is 19.6. The second-order valence-electron chi connectivity index (χ2n) is 11.5. The Morgan fingerprint density at radius 3 is 2.52 bits per heavy atom. The number of rotatable bonds is 12. The van der Waals surface area contributed by atoms with Gasteiger partial charge in [0.15, 0.2) is 5.13 Å². The van der Waals surface area contributed by atoms with Crippen molar-refractivity contribution in [3.63, 3.8) is 0 Å². The molecule has 1 saturated heterocycles. The predicted octanol–water partition coefficient (Wildman–Crippen LogP) is 6.25. The Bertz CT molecular complexity index is 1610. The minimum Gasteiger partial charge on any atom is -0.497 e. The van der Waals surface area contributed by atoms with Crippen LogP contribution >= 0.6 is 22.9 Å². The van der Waals surface area contributed by atoms with Crippen LogP contribution in [-0.4, -0.2) is 88.4 Å². The van der Waals surface area contributed by atoms with Crippen molar-refractivity contribution in [2.75, 3.05) is 50.5 Å². The average molecular weight is 706 g/mol. The van der Waals surface area contributed by atoms with Crippen molar-refractivity contribution in [3.8, 4) is 11.5 Å². The Hall–Kier alpha value is -2.85. The number of benzene rings is 2. The molecule has 0 radical (unpaired) electrons. The van der Waals surface area contributed by atoms with Crippen LogP contribution in [0.1, 0.15) is 31.2 Å². The van der Waals surface area contributed by atoms with Gasteiger partial charge >= 0.3 is 6.18 Å². The fourth-order valence-corrected chi connectivity index (χ4v) is 8.73. The summed E-state index contributed by atoms with van der Waals surface area (Å²) in [5.41, 5.74) is 0.751. The van der Waals surface area contributed by atoms with Gasteiger partial charge in [-0.1, -0.05) is 24.4 Å². The number of halogens is 5. The van der Waals surface area contributed by atoms with E-state index in [1.54, 1.807) is 23.6 Å². The minimum absolute atomic E-state index is 0.0193. The van der Waals surface area contributed by atoms with Crippen molar-refractivity contribution < 1.29 is 35.5 Å². The zero-order valence-corrected chi connectivity index (χ0v) is 27.9. The van der Waals surface area contributed by atoms with Gasteiger partial charge in [-0.2, -0.15) is 13.2 Å². The number of hydrogen-bond donors (Lipinski definition) is 1. The molecule has 46 heavy (non-hydrogen) atoms. The van der Waals surface area contributed by atoms with Crippen LogP contribution in [0, 0.1) is 5.82 Å². The Balaban J connectivity index is 1.37. The topological polar surface area (TPSA) is 87.2 Å². The number of aromatic nitrogens is 1. The van der Waals surface area contributed by atoms with Crippen LogP contribution in [0.25, 0.3) is 0 Å². The van der Waals surface area contributed by atoms with Crippen LogP contribution in [0.4, 0.5) is 28.4 Å². The fourth-order valence-electron chi connectivity index (χ4n) is 6.11. The number of methoxy groups -OCH3 is 2.